The summed E-state index contributed by atoms with van der Waals surface area (Å²) in [6.07, 6.45) is 3.61. The van der Waals surface area contributed by atoms with Gasteiger partial charge < -0.3 is 10.6 Å². The monoisotopic (exact) mass is 305 g/mol. The number of hydrogen-bond donors (Lipinski definition) is 2. The van der Waals surface area contributed by atoms with Crippen LogP contribution in [0.25, 0.3) is 11.3 Å². The summed E-state index contributed by atoms with van der Waals surface area (Å²) < 4.78 is 0. The van der Waals surface area contributed by atoms with Gasteiger partial charge in [0.05, 0.1) is 5.69 Å². The van der Waals surface area contributed by atoms with Gasteiger partial charge in [-0.15, -0.1) is 0 Å². The van der Waals surface area contributed by atoms with Gasteiger partial charge in [0, 0.05) is 37.1 Å². The van der Waals surface area contributed by atoms with E-state index < -0.39 is 0 Å². The van der Waals surface area contributed by atoms with E-state index in [1.165, 1.54) is 0 Å². The fraction of sp³-hybridized carbons (Fsp3) is 0.167. The van der Waals surface area contributed by atoms with E-state index in [9.17, 15) is 0 Å². The van der Waals surface area contributed by atoms with Crippen molar-refractivity contribution in [3.63, 3.8) is 0 Å². The highest BCUT2D eigenvalue weighted by molar-refractivity contribution is 5.64. The van der Waals surface area contributed by atoms with E-state index in [-0.39, 0.29) is 0 Å². The summed E-state index contributed by atoms with van der Waals surface area (Å²) in [5, 5.41) is 6.52. The molecule has 5 heteroatoms. The molecule has 2 heterocycles. The Morgan fingerprint density at radius 2 is 1.83 bits per heavy atom. The standard InChI is InChI=1S/C18H19N5/c1-2-20-18-22-16(15-8-4-3-5-9-15)11-17(23-18)21-13-14-7-6-10-19-12-14/h3-12H,2,13H2,1H3,(H2,20,21,22,23). The molecule has 0 saturated carbocycles. The van der Waals surface area contributed by atoms with Crippen molar-refractivity contribution in [3.8, 4) is 11.3 Å². The van der Waals surface area contributed by atoms with Crippen molar-refractivity contribution in [1.29, 1.82) is 0 Å². The average molecular weight is 305 g/mol. The summed E-state index contributed by atoms with van der Waals surface area (Å²) in [5.74, 6) is 1.42. The number of aromatic nitrogens is 3. The molecular weight excluding hydrogens is 286 g/mol. The first-order valence-corrected chi connectivity index (χ1v) is 7.66. The third-order valence-corrected chi connectivity index (χ3v) is 3.33. The van der Waals surface area contributed by atoms with Crippen molar-refractivity contribution in [3.05, 3.63) is 66.5 Å². The number of pyridine rings is 1. The Kier molecular flexibility index (Phi) is 4.79. The van der Waals surface area contributed by atoms with Crippen molar-refractivity contribution < 1.29 is 0 Å². The van der Waals surface area contributed by atoms with Gasteiger partial charge in [-0.25, -0.2) is 4.98 Å². The van der Waals surface area contributed by atoms with Crippen molar-refractivity contribution in [1.82, 2.24) is 15.0 Å². The van der Waals surface area contributed by atoms with Crippen LogP contribution in [0.3, 0.4) is 0 Å². The maximum Gasteiger partial charge on any atom is 0.225 e. The molecule has 3 aromatic rings. The lowest BCUT2D eigenvalue weighted by Crippen LogP contribution is -2.07. The zero-order chi connectivity index (χ0) is 15.9. The predicted octanol–water partition coefficient (Wildman–Crippen LogP) is 3.58. The highest BCUT2D eigenvalue weighted by Gasteiger charge is 2.06. The summed E-state index contributed by atoms with van der Waals surface area (Å²) in [6.45, 7) is 3.48. The highest BCUT2D eigenvalue weighted by Crippen LogP contribution is 2.21. The summed E-state index contributed by atoms with van der Waals surface area (Å²) in [7, 11) is 0. The van der Waals surface area contributed by atoms with Crippen molar-refractivity contribution in [2.45, 2.75) is 13.5 Å². The molecule has 0 bridgehead atoms. The molecule has 2 aromatic heterocycles. The number of anilines is 2. The fourth-order valence-electron chi connectivity index (χ4n) is 2.23. The first-order valence-electron chi connectivity index (χ1n) is 7.66. The Hall–Kier alpha value is -2.95. The van der Waals surface area contributed by atoms with E-state index in [4.69, 9.17) is 0 Å². The zero-order valence-electron chi connectivity index (χ0n) is 13.0. The van der Waals surface area contributed by atoms with Crippen LogP contribution in [-0.2, 0) is 6.54 Å². The number of rotatable bonds is 6. The first-order chi connectivity index (χ1) is 11.3. The number of hydrogen-bond acceptors (Lipinski definition) is 5. The lowest BCUT2D eigenvalue weighted by molar-refractivity contribution is 1.05. The molecule has 2 N–H and O–H groups in total. The molecular formula is C18H19N5. The highest BCUT2D eigenvalue weighted by atomic mass is 15.1. The van der Waals surface area contributed by atoms with E-state index >= 15 is 0 Å². The van der Waals surface area contributed by atoms with Crippen LogP contribution in [0.5, 0.6) is 0 Å². The first kappa shape index (κ1) is 15.0. The lowest BCUT2D eigenvalue weighted by Gasteiger charge is -2.10. The van der Waals surface area contributed by atoms with Gasteiger partial charge in [-0.1, -0.05) is 36.4 Å². The van der Waals surface area contributed by atoms with Gasteiger partial charge in [-0.05, 0) is 18.6 Å². The molecule has 116 valence electrons. The summed E-state index contributed by atoms with van der Waals surface area (Å²) in [6, 6.07) is 16.0. The minimum atomic E-state index is 0.627. The maximum absolute atomic E-state index is 4.57. The Morgan fingerprint density at radius 1 is 0.957 bits per heavy atom. The topological polar surface area (TPSA) is 62.7 Å². The fourth-order valence-corrected chi connectivity index (χ4v) is 2.23. The van der Waals surface area contributed by atoms with Gasteiger partial charge in [-0.3, -0.25) is 4.98 Å². The SMILES string of the molecule is CCNc1nc(NCc2cccnc2)cc(-c2ccccc2)n1. The van der Waals surface area contributed by atoms with Crippen LogP contribution < -0.4 is 10.6 Å². The summed E-state index contributed by atoms with van der Waals surface area (Å²) >= 11 is 0. The van der Waals surface area contributed by atoms with Crippen LogP contribution in [-0.4, -0.2) is 21.5 Å². The van der Waals surface area contributed by atoms with Gasteiger partial charge in [0.15, 0.2) is 0 Å². The molecule has 0 radical (unpaired) electrons. The molecule has 0 fully saturated rings. The van der Waals surface area contributed by atoms with E-state index in [2.05, 4.69) is 25.6 Å². The van der Waals surface area contributed by atoms with E-state index in [1.807, 2.05) is 61.7 Å². The average Bonchev–Trinajstić information content (AvgIpc) is 2.62. The summed E-state index contributed by atoms with van der Waals surface area (Å²) in [4.78, 5) is 13.2. The molecule has 0 aliphatic heterocycles. The van der Waals surface area contributed by atoms with Crippen LogP contribution in [0.15, 0.2) is 60.9 Å². The van der Waals surface area contributed by atoms with Crippen LogP contribution in [0, 0.1) is 0 Å². The number of benzene rings is 1. The molecule has 0 spiro atoms. The Bertz CT molecular complexity index is 744. The lowest BCUT2D eigenvalue weighted by atomic mass is 10.1. The molecule has 1 aromatic carbocycles. The minimum absolute atomic E-state index is 0.627. The number of nitrogens with one attached hydrogen (secondary N) is 2. The molecule has 0 aliphatic carbocycles. The maximum atomic E-state index is 4.57. The van der Waals surface area contributed by atoms with Crippen LogP contribution >= 0.6 is 0 Å². The molecule has 5 nitrogen and oxygen atoms in total. The largest absolute Gasteiger partial charge is 0.366 e. The van der Waals surface area contributed by atoms with Crippen molar-refractivity contribution in [2.24, 2.45) is 0 Å². The molecule has 0 amide bonds. The molecule has 3 rings (SSSR count). The number of nitrogens with zero attached hydrogens (tertiary/aromatic N) is 3. The third-order valence-electron chi connectivity index (χ3n) is 3.33. The van der Waals surface area contributed by atoms with E-state index in [0.717, 1.165) is 29.2 Å². The second kappa shape index (κ2) is 7.35. The van der Waals surface area contributed by atoms with Gasteiger partial charge in [-0.2, -0.15) is 4.98 Å². The van der Waals surface area contributed by atoms with Gasteiger partial charge in [0.1, 0.15) is 5.82 Å². The molecule has 0 aliphatic rings. The van der Waals surface area contributed by atoms with Gasteiger partial charge >= 0.3 is 0 Å². The second-order valence-corrected chi connectivity index (χ2v) is 5.07. The molecule has 0 atom stereocenters. The Morgan fingerprint density at radius 3 is 2.57 bits per heavy atom. The molecule has 0 unspecified atom stereocenters. The Balaban J connectivity index is 1.85. The Labute approximate surface area is 135 Å². The van der Waals surface area contributed by atoms with Crippen LogP contribution in [0.4, 0.5) is 11.8 Å². The summed E-state index contributed by atoms with van der Waals surface area (Å²) in [5.41, 5.74) is 3.07. The van der Waals surface area contributed by atoms with Crippen molar-refractivity contribution in [2.75, 3.05) is 17.2 Å². The molecule has 0 saturated heterocycles. The quantitative estimate of drug-likeness (QED) is 0.729. The normalized spacial score (nSPS) is 10.3. The van der Waals surface area contributed by atoms with Gasteiger partial charge in [0.25, 0.3) is 0 Å². The van der Waals surface area contributed by atoms with Crippen molar-refractivity contribution >= 4 is 11.8 Å². The smallest absolute Gasteiger partial charge is 0.225 e. The third kappa shape index (κ3) is 4.03. The van der Waals surface area contributed by atoms with E-state index in [1.54, 1.807) is 6.20 Å². The van der Waals surface area contributed by atoms with E-state index in [0.29, 0.717) is 12.5 Å². The second-order valence-electron chi connectivity index (χ2n) is 5.07. The predicted molar refractivity (Wildman–Crippen MR) is 93.2 cm³/mol. The zero-order valence-corrected chi connectivity index (χ0v) is 13.0. The van der Waals surface area contributed by atoms with Crippen LogP contribution in [0.1, 0.15) is 12.5 Å². The molecule has 23 heavy (non-hydrogen) atoms. The van der Waals surface area contributed by atoms with Crippen LogP contribution in [0.2, 0.25) is 0 Å². The minimum Gasteiger partial charge on any atom is -0.366 e. The van der Waals surface area contributed by atoms with Gasteiger partial charge in [0.2, 0.25) is 5.95 Å².